The van der Waals surface area contributed by atoms with Crippen molar-refractivity contribution in [3.63, 3.8) is 0 Å². The fraction of sp³-hybridized carbons (Fsp3) is 0.389. The Morgan fingerprint density at radius 3 is 2.61 bits per heavy atom. The molecular formula is C18H22N4O. The lowest BCUT2D eigenvalue weighted by atomic mass is 9.90. The second kappa shape index (κ2) is 7.22. The highest BCUT2D eigenvalue weighted by Gasteiger charge is 2.20. The third-order valence-electron chi connectivity index (χ3n) is 4.50. The molecule has 3 rings (SSSR count). The summed E-state index contributed by atoms with van der Waals surface area (Å²) in [6, 6.07) is 10.6. The van der Waals surface area contributed by atoms with Gasteiger partial charge in [-0.15, -0.1) is 0 Å². The molecule has 120 valence electrons. The fourth-order valence-corrected chi connectivity index (χ4v) is 3.09. The van der Waals surface area contributed by atoms with Crippen molar-refractivity contribution < 1.29 is 4.79 Å². The van der Waals surface area contributed by atoms with E-state index < -0.39 is 5.91 Å². The summed E-state index contributed by atoms with van der Waals surface area (Å²) < 4.78 is 0. The van der Waals surface area contributed by atoms with Gasteiger partial charge in [0.05, 0.1) is 12.4 Å². The standard InChI is InChI=1S/C18H22N4O/c19-18(23)16-12-20-13-17(21-16)22-10-8-15(9-11-22)7-6-14-4-2-1-3-5-14/h1-5,12-13,15H,6-11H2,(H2,19,23). The van der Waals surface area contributed by atoms with Gasteiger partial charge in [0.1, 0.15) is 11.5 Å². The van der Waals surface area contributed by atoms with E-state index in [0.717, 1.165) is 44.1 Å². The van der Waals surface area contributed by atoms with Gasteiger partial charge in [-0.1, -0.05) is 30.3 Å². The normalized spacial score (nSPS) is 15.6. The first kappa shape index (κ1) is 15.5. The van der Waals surface area contributed by atoms with Gasteiger partial charge in [0.25, 0.3) is 5.91 Å². The number of piperidine rings is 1. The van der Waals surface area contributed by atoms with Crippen LogP contribution in [0.4, 0.5) is 5.82 Å². The van der Waals surface area contributed by atoms with E-state index in [4.69, 9.17) is 5.73 Å². The lowest BCUT2D eigenvalue weighted by Gasteiger charge is -2.32. The molecule has 1 aliphatic heterocycles. The monoisotopic (exact) mass is 310 g/mol. The van der Waals surface area contributed by atoms with Crippen molar-refractivity contribution in [1.29, 1.82) is 0 Å². The number of aromatic nitrogens is 2. The minimum absolute atomic E-state index is 0.230. The molecule has 1 aliphatic rings. The lowest BCUT2D eigenvalue weighted by Crippen LogP contribution is -2.34. The predicted octanol–water partition coefficient (Wildman–Crippen LogP) is 2.42. The topological polar surface area (TPSA) is 72.1 Å². The molecular weight excluding hydrogens is 288 g/mol. The van der Waals surface area contributed by atoms with Gasteiger partial charge in [0, 0.05) is 13.1 Å². The highest BCUT2D eigenvalue weighted by molar-refractivity contribution is 5.90. The van der Waals surface area contributed by atoms with E-state index >= 15 is 0 Å². The highest BCUT2D eigenvalue weighted by atomic mass is 16.1. The number of anilines is 1. The van der Waals surface area contributed by atoms with Crippen LogP contribution in [0.5, 0.6) is 0 Å². The summed E-state index contributed by atoms with van der Waals surface area (Å²) in [5, 5.41) is 0. The van der Waals surface area contributed by atoms with Crippen LogP contribution in [0.3, 0.4) is 0 Å². The minimum atomic E-state index is -0.530. The number of amides is 1. The molecule has 0 atom stereocenters. The Morgan fingerprint density at radius 1 is 1.17 bits per heavy atom. The molecule has 23 heavy (non-hydrogen) atoms. The molecule has 0 bridgehead atoms. The lowest BCUT2D eigenvalue weighted by molar-refractivity contribution is 0.0995. The summed E-state index contributed by atoms with van der Waals surface area (Å²) >= 11 is 0. The van der Waals surface area contributed by atoms with Gasteiger partial charge in [0.2, 0.25) is 0 Å². The summed E-state index contributed by atoms with van der Waals surface area (Å²) in [6.07, 6.45) is 7.78. The summed E-state index contributed by atoms with van der Waals surface area (Å²) in [6.45, 7) is 1.91. The van der Waals surface area contributed by atoms with Crippen LogP contribution in [0.25, 0.3) is 0 Å². The smallest absolute Gasteiger partial charge is 0.268 e. The molecule has 0 spiro atoms. The molecule has 2 heterocycles. The van der Waals surface area contributed by atoms with Gasteiger partial charge in [-0.3, -0.25) is 9.78 Å². The number of rotatable bonds is 5. The number of carbonyl (C=O) groups excluding carboxylic acids is 1. The van der Waals surface area contributed by atoms with E-state index in [9.17, 15) is 4.79 Å². The molecule has 0 aliphatic carbocycles. The van der Waals surface area contributed by atoms with Crippen molar-refractivity contribution in [1.82, 2.24) is 9.97 Å². The largest absolute Gasteiger partial charge is 0.364 e. The summed E-state index contributed by atoms with van der Waals surface area (Å²) in [5.74, 6) is 0.971. The molecule has 2 aromatic rings. The maximum Gasteiger partial charge on any atom is 0.268 e. The van der Waals surface area contributed by atoms with Crippen molar-refractivity contribution in [2.45, 2.75) is 25.7 Å². The number of carbonyl (C=O) groups is 1. The molecule has 5 heteroatoms. The quantitative estimate of drug-likeness (QED) is 0.920. The SMILES string of the molecule is NC(=O)c1cncc(N2CCC(CCc3ccccc3)CC2)n1. The molecule has 0 radical (unpaired) electrons. The van der Waals surface area contributed by atoms with E-state index in [0.29, 0.717) is 0 Å². The van der Waals surface area contributed by atoms with Crippen LogP contribution in [0.15, 0.2) is 42.7 Å². The maximum atomic E-state index is 11.2. The average Bonchev–Trinajstić information content (AvgIpc) is 2.61. The van der Waals surface area contributed by atoms with E-state index in [1.54, 1.807) is 6.20 Å². The molecule has 0 saturated carbocycles. The second-order valence-electron chi connectivity index (χ2n) is 6.08. The average molecular weight is 310 g/mol. The third-order valence-corrected chi connectivity index (χ3v) is 4.50. The first-order chi connectivity index (χ1) is 11.2. The summed E-state index contributed by atoms with van der Waals surface area (Å²) in [7, 11) is 0. The van der Waals surface area contributed by atoms with Crippen LogP contribution in [-0.2, 0) is 6.42 Å². The Hall–Kier alpha value is -2.43. The second-order valence-corrected chi connectivity index (χ2v) is 6.08. The van der Waals surface area contributed by atoms with Crippen LogP contribution in [-0.4, -0.2) is 29.0 Å². The zero-order valence-corrected chi connectivity index (χ0v) is 13.2. The van der Waals surface area contributed by atoms with Crippen molar-refractivity contribution in [3.8, 4) is 0 Å². The van der Waals surface area contributed by atoms with Crippen LogP contribution in [0, 0.1) is 5.92 Å². The van der Waals surface area contributed by atoms with E-state index in [1.807, 2.05) is 0 Å². The van der Waals surface area contributed by atoms with Gasteiger partial charge in [-0.25, -0.2) is 4.98 Å². The summed E-state index contributed by atoms with van der Waals surface area (Å²) in [4.78, 5) is 21.8. The number of benzene rings is 1. The van der Waals surface area contributed by atoms with Crippen LogP contribution < -0.4 is 10.6 Å². The molecule has 2 N–H and O–H groups in total. The number of hydrogen-bond acceptors (Lipinski definition) is 4. The van der Waals surface area contributed by atoms with Crippen molar-refractivity contribution in [2.75, 3.05) is 18.0 Å². The predicted molar refractivity (Wildman–Crippen MR) is 90.2 cm³/mol. The zero-order valence-electron chi connectivity index (χ0n) is 13.2. The molecule has 1 fully saturated rings. The first-order valence-corrected chi connectivity index (χ1v) is 8.13. The van der Waals surface area contributed by atoms with Crippen molar-refractivity contribution in [3.05, 3.63) is 54.0 Å². The number of hydrogen-bond donors (Lipinski definition) is 1. The molecule has 0 unspecified atom stereocenters. The van der Waals surface area contributed by atoms with Gasteiger partial charge in [0.15, 0.2) is 0 Å². The molecule has 1 aromatic carbocycles. The Morgan fingerprint density at radius 2 is 1.91 bits per heavy atom. The number of nitrogens with zero attached hydrogens (tertiary/aromatic N) is 3. The van der Waals surface area contributed by atoms with E-state index in [-0.39, 0.29) is 5.69 Å². The maximum absolute atomic E-state index is 11.2. The first-order valence-electron chi connectivity index (χ1n) is 8.13. The van der Waals surface area contributed by atoms with Gasteiger partial charge in [-0.2, -0.15) is 0 Å². The van der Waals surface area contributed by atoms with Crippen LogP contribution in [0.2, 0.25) is 0 Å². The molecule has 5 nitrogen and oxygen atoms in total. The Bertz CT molecular complexity index is 651. The zero-order chi connectivity index (χ0) is 16.1. The Kier molecular flexibility index (Phi) is 4.86. The molecule has 1 amide bonds. The van der Waals surface area contributed by atoms with Crippen molar-refractivity contribution >= 4 is 11.7 Å². The van der Waals surface area contributed by atoms with Crippen LogP contribution >= 0.6 is 0 Å². The number of nitrogens with two attached hydrogens (primary N) is 1. The Labute approximate surface area is 136 Å². The van der Waals surface area contributed by atoms with E-state index in [1.165, 1.54) is 18.2 Å². The number of aryl methyl sites for hydroxylation is 1. The van der Waals surface area contributed by atoms with Crippen LogP contribution in [0.1, 0.15) is 35.3 Å². The molecule has 1 aromatic heterocycles. The van der Waals surface area contributed by atoms with Gasteiger partial charge < -0.3 is 10.6 Å². The third kappa shape index (κ3) is 4.06. The van der Waals surface area contributed by atoms with E-state index in [2.05, 4.69) is 45.2 Å². The minimum Gasteiger partial charge on any atom is -0.364 e. The van der Waals surface area contributed by atoms with Gasteiger partial charge in [-0.05, 0) is 37.2 Å². The van der Waals surface area contributed by atoms with Crippen molar-refractivity contribution in [2.24, 2.45) is 11.7 Å². The Balaban J connectivity index is 1.52. The summed E-state index contributed by atoms with van der Waals surface area (Å²) in [5.41, 5.74) is 6.91. The highest BCUT2D eigenvalue weighted by Crippen LogP contribution is 2.25. The number of primary amides is 1. The fourth-order valence-electron chi connectivity index (χ4n) is 3.09. The van der Waals surface area contributed by atoms with Gasteiger partial charge >= 0.3 is 0 Å². The molecule has 1 saturated heterocycles.